The van der Waals surface area contributed by atoms with Crippen molar-refractivity contribution in [3.05, 3.63) is 0 Å². The second-order valence-corrected chi connectivity index (χ2v) is 12.2. The Balaban J connectivity index is 0.000000347. The van der Waals surface area contributed by atoms with E-state index in [-0.39, 0.29) is 40.4 Å². The molecule has 214 valence electrons. The van der Waals surface area contributed by atoms with Gasteiger partial charge in [0.15, 0.2) is 0 Å². The zero-order chi connectivity index (χ0) is 28.6. The quantitative estimate of drug-likeness (QED) is 0.371. The number of likely N-dealkylation sites (tertiary alicyclic amines) is 1. The number of ether oxygens (including phenoxy) is 2. The molecule has 2 aliphatic heterocycles. The zero-order valence-corrected chi connectivity index (χ0v) is 24.7. The molecule has 0 bridgehead atoms. The van der Waals surface area contributed by atoms with Crippen LogP contribution in [0.1, 0.15) is 94.4 Å². The van der Waals surface area contributed by atoms with E-state index in [1.807, 2.05) is 46.4 Å². The summed E-state index contributed by atoms with van der Waals surface area (Å²) in [6.45, 7) is 20.5. The van der Waals surface area contributed by atoms with Crippen LogP contribution in [-0.2, 0) is 28.7 Å². The first kappa shape index (κ1) is 32.9. The molecule has 9 nitrogen and oxygen atoms in total. The fraction of sp³-hybridized carbons (Fsp3) is 0.857. The van der Waals surface area contributed by atoms with Crippen LogP contribution in [0.25, 0.3) is 0 Å². The largest absolute Gasteiger partial charge is 0.467 e. The molecule has 0 aromatic rings. The molecule has 4 atom stereocenters. The highest BCUT2D eigenvalue weighted by atomic mass is 16.5. The summed E-state index contributed by atoms with van der Waals surface area (Å²) in [7, 11) is 1.26. The van der Waals surface area contributed by atoms with Gasteiger partial charge in [-0.05, 0) is 64.7 Å². The molecule has 3 aliphatic rings. The second-order valence-electron chi connectivity index (χ2n) is 12.2. The third-order valence-electron chi connectivity index (χ3n) is 7.32. The molecule has 1 saturated carbocycles. The maximum Gasteiger partial charge on any atom is 0.328 e. The van der Waals surface area contributed by atoms with Crippen molar-refractivity contribution in [2.75, 3.05) is 20.2 Å². The summed E-state index contributed by atoms with van der Waals surface area (Å²) in [6.07, 6.45) is 4.01. The van der Waals surface area contributed by atoms with Crippen LogP contribution in [0.5, 0.6) is 0 Å². The topological polar surface area (TPSA) is 114 Å². The second kappa shape index (κ2) is 13.6. The normalized spacial score (nSPS) is 24.5. The van der Waals surface area contributed by atoms with E-state index in [0.717, 1.165) is 32.4 Å². The molecule has 2 heterocycles. The number of amides is 3. The smallest absolute Gasteiger partial charge is 0.328 e. The fourth-order valence-corrected chi connectivity index (χ4v) is 4.89. The van der Waals surface area contributed by atoms with E-state index in [1.54, 1.807) is 0 Å². The number of methoxy groups -OCH3 is 1. The molecule has 37 heavy (non-hydrogen) atoms. The highest BCUT2D eigenvalue weighted by Gasteiger charge is 2.52. The SMILES string of the molecule is CC.CC(CC(=O)N1CC(C)C(C)(C)C1)OC(C)(C)C.COC(=O)C(CC1CC2(CC2)NC1=O)NC=O. The average molecular weight is 526 g/mol. The maximum atomic E-state index is 12.2. The number of carbonyl (C=O) groups excluding carboxylic acids is 4. The highest BCUT2D eigenvalue weighted by Crippen LogP contribution is 2.46. The van der Waals surface area contributed by atoms with Crippen LogP contribution < -0.4 is 10.6 Å². The number of esters is 1. The molecular weight excluding hydrogens is 474 g/mol. The molecule has 4 unspecified atom stereocenters. The Morgan fingerprint density at radius 3 is 2.24 bits per heavy atom. The van der Waals surface area contributed by atoms with Crippen LogP contribution in [0.15, 0.2) is 0 Å². The molecule has 1 spiro atoms. The van der Waals surface area contributed by atoms with Gasteiger partial charge in [0.05, 0.1) is 25.2 Å². The van der Waals surface area contributed by atoms with Gasteiger partial charge in [-0.25, -0.2) is 4.79 Å². The van der Waals surface area contributed by atoms with E-state index in [1.165, 1.54) is 7.11 Å². The number of nitrogens with one attached hydrogen (secondary N) is 2. The van der Waals surface area contributed by atoms with Gasteiger partial charge < -0.3 is 25.0 Å². The summed E-state index contributed by atoms with van der Waals surface area (Å²) >= 11 is 0. The number of nitrogens with zero attached hydrogens (tertiary/aromatic N) is 1. The van der Waals surface area contributed by atoms with E-state index in [2.05, 4.69) is 36.1 Å². The van der Waals surface area contributed by atoms with Crippen LogP contribution in [0.2, 0.25) is 0 Å². The van der Waals surface area contributed by atoms with Crippen LogP contribution in [0.3, 0.4) is 0 Å². The maximum absolute atomic E-state index is 12.2. The van der Waals surface area contributed by atoms with Gasteiger partial charge >= 0.3 is 5.97 Å². The molecular formula is C28H51N3O6. The van der Waals surface area contributed by atoms with E-state index in [9.17, 15) is 19.2 Å². The van der Waals surface area contributed by atoms with E-state index < -0.39 is 12.0 Å². The molecule has 2 saturated heterocycles. The van der Waals surface area contributed by atoms with Crippen molar-refractivity contribution in [1.29, 1.82) is 0 Å². The average Bonchev–Trinajstić information content (AvgIpc) is 3.39. The summed E-state index contributed by atoms with van der Waals surface area (Å²) in [5.74, 6) is 0.0456. The van der Waals surface area contributed by atoms with Gasteiger partial charge in [-0.1, -0.05) is 34.6 Å². The third-order valence-corrected chi connectivity index (χ3v) is 7.32. The van der Waals surface area contributed by atoms with Gasteiger partial charge in [0.1, 0.15) is 6.04 Å². The molecule has 0 aromatic heterocycles. The van der Waals surface area contributed by atoms with Gasteiger partial charge in [-0.15, -0.1) is 0 Å². The number of hydrogen-bond acceptors (Lipinski definition) is 6. The highest BCUT2D eigenvalue weighted by molar-refractivity contribution is 5.85. The summed E-state index contributed by atoms with van der Waals surface area (Å²) in [4.78, 5) is 47.7. The standard InChI is InChI=1S/C15H29NO2.C11H16N2O4.C2H6/c1-11-9-16(10-15(11,6)7)13(17)8-12(2)18-14(3,4)5;1-17-10(16)8(12-6-14)4-7-5-11(2-3-11)13-9(7)15;1-2/h11-12H,8-10H2,1-7H3;6-8H,2-5H2,1H3,(H,12,14)(H,13,15);1-2H3. The molecule has 2 N–H and O–H groups in total. The fourth-order valence-electron chi connectivity index (χ4n) is 4.89. The van der Waals surface area contributed by atoms with Crippen molar-refractivity contribution in [3.63, 3.8) is 0 Å². The molecule has 0 radical (unpaired) electrons. The van der Waals surface area contributed by atoms with Gasteiger partial charge in [0, 0.05) is 24.5 Å². The summed E-state index contributed by atoms with van der Waals surface area (Å²) in [5.41, 5.74) is 0.0463. The zero-order valence-electron chi connectivity index (χ0n) is 24.7. The Morgan fingerprint density at radius 2 is 1.84 bits per heavy atom. The van der Waals surface area contributed by atoms with Crippen molar-refractivity contribution in [2.45, 2.75) is 118 Å². The van der Waals surface area contributed by atoms with Crippen molar-refractivity contribution in [1.82, 2.24) is 15.5 Å². The summed E-state index contributed by atoms with van der Waals surface area (Å²) in [5, 5.41) is 5.34. The Bertz CT molecular complexity index is 787. The van der Waals surface area contributed by atoms with E-state index >= 15 is 0 Å². The van der Waals surface area contributed by atoms with Crippen molar-refractivity contribution < 1.29 is 28.7 Å². The molecule has 3 rings (SSSR count). The minimum Gasteiger partial charge on any atom is -0.467 e. The molecule has 3 amide bonds. The summed E-state index contributed by atoms with van der Waals surface area (Å²) < 4.78 is 10.4. The lowest BCUT2D eigenvalue weighted by Crippen LogP contribution is -2.39. The van der Waals surface area contributed by atoms with Crippen LogP contribution >= 0.6 is 0 Å². The molecule has 0 aromatic carbocycles. The first-order valence-corrected chi connectivity index (χ1v) is 13.7. The third kappa shape index (κ3) is 10.3. The van der Waals surface area contributed by atoms with E-state index in [0.29, 0.717) is 25.2 Å². The summed E-state index contributed by atoms with van der Waals surface area (Å²) in [6, 6.07) is -0.734. The lowest BCUT2D eigenvalue weighted by molar-refractivity contribution is -0.144. The minimum atomic E-state index is -0.734. The minimum absolute atomic E-state index is 0.0103. The van der Waals surface area contributed by atoms with E-state index in [4.69, 9.17) is 4.74 Å². The first-order chi connectivity index (χ1) is 17.1. The number of hydrogen-bond donors (Lipinski definition) is 2. The van der Waals surface area contributed by atoms with Crippen molar-refractivity contribution >= 4 is 24.2 Å². The number of carbonyl (C=O) groups is 4. The van der Waals surface area contributed by atoms with Crippen LogP contribution in [-0.4, -0.2) is 72.6 Å². The monoisotopic (exact) mass is 525 g/mol. The Kier molecular flexibility index (Phi) is 12.1. The number of rotatable bonds is 8. The predicted molar refractivity (Wildman–Crippen MR) is 144 cm³/mol. The lowest BCUT2D eigenvalue weighted by atomic mass is 9.84. The van der Waals surface area contributed by atoms with Crippen LogP contribution in [0, 0.1) is 17.3 Å². The first-order valence-electron chi connectivity index (χ1n) is 13.7. The van der Waals surface area contributed by atoms with Gasteiger partial charge in [-0.2, -0.15) is 0 Å². The van der Waals surface area contributed by atoms with Crippen molar-refractivity contribution in [3.8, 4) is 0 Å². The van der Waals surface area contributed by atoms with Gasteiger partial charge in [0.25, 0.3) is 0 Å². The van der Waals surface area contributed by atoms with Gasteiger partial charge in [-0.3, -0.25) is 14.4 Å². The Labute approximate surface area is 223 Å². The van der Waals surface area contributed by atoms with Gasteiger partial charge in [0.2, 0.25) is 18.2 Å². The Morgan fingerprint density at radius 1 is 1.24 bits per heavy atom. The Hall–Kier alpha value is -2.16. The lowest BCUT2D eigenvalue weighted by Gasteiger charge is -2.26. The van der Waals surface area contributed by atoms with Crippen LogP contribution in [0.4, 0.5) is 0 Å². The molecule has 1 aliphatic carbocycles. The molecule has 9 heteroatoms. The predicted octanol–water partition coefficient (Wildman–Crippen LogP) is 3.44. The van der Waals surface area contributed by atoms with Crippen molar-refractivity contribution in [2.24, 2.45) is 17.3 Å². The molecule has 3 fully saturated rings.